The number of unbranched alkanes of at least 4 members (excludes halogenated alkanes) is 4. The van der Waals surface area contributed by atoms with Gasteiger partial charge in [-0.15, -0.1) is 5.10 Å². The number of ether oxygens (including phenoxy) is 2. The standard InChI is InChI=1S/C26H40N4O5/c1-6-8-9-10-11-18-30-25(33)29(5)23(31)22(28-30)27-17-13-15-20-14-12-16-21(19-20)35-26(3,4)24(32)34-7-2/h12,14,16,19H,6-11,13,15,17-18H2,1-5H3,(H,27,28). The summed E-state index contributed by atoms with van der Waals surface area (Å²) >= 11 is 0. The molecule has 0 atom stereocenters. The maximum absolute atomic E-state index is 12.5. The SMILES string of the molecule is CCCCCCCn1nc(NCCCc2cccc(OC(C)(C)C(=O)OCC)c2)c(=O)n(C)c1=O. The number of nitrogens with zero attached hydrogens (tertiary/aromatic N) is 3. The molecular weight excluding hydrogens is 448 g/mol. The van der Waals surface area contributed by atoms with E-state index in [0.717, 1.165) is 48.7 Å². The van der Waals surface area contributed by atoms with E-state index in [1.165, 1.54) is 18.2 Å². The van der Waals surface area contributed by atoms with E-state index in [-0.39, 0.29) is 5.82 Å². The van der Waals surface area contributed by atoms with Crippen LogP contribution in [0.3, 0.4) is 0 Å². The van der Waals surface area contributed by atoms with Crippen LogP contribution in [0.5, 0.6) is 5.75 Å². The fraction of sp³-hybridized carbons (Fsp3) is 0.615. The summed E-state index contributed by atoms with van der Waals surface area (Å²) in [5.74, 6) is 0.370. The predicted molar refractivity (Wildman–Crippen MR) is 137 cm³/mol. The van der Waals surface area contributed by atoms with Crippen molar-refractivity contribution in [1.82, 2.24) is 14.3 Å². The van der Waals surface area contributed by atoms with Crippen molar-refractivity contribution in [3.8, 4) is 5.75 Å². The summed E-state index contributed by atoms with van der Waals surface area (Å²) in [6, 6.07) is 7.58. The first-order chi connectivity index (χ1) is 16.7. The Morgan fingerprint density at radius 1 is 1.09 bits per heavy atom. The summed E-state index contributed by atoms with van der Waals surface area (Å²) in [4.78, 5) is 36.9. The van der Waals surface area contributed by atoms with Gasteiger partial charge in [0.15, 0.2) is 5.60 Å². The maximum Gasteiger partial charge on any atom is 0.349 e. The first-order valence-corrected chi connectivity index (χ1v) is 12.6. The molecule has 35 heavy (non-hydrogen) atoms. The van der Waals surface area contributed by atoms with Crippen LogP contribution in [0.15, 0.2) is 33.9 Å². The molecule has 0 spiro atoms. The summed E-state index contributed by atoms with van der Waals surface area (Å²) in [6.07, 6.45) is 6.85. The fourth-order valence-electron chi connectivity index (χ4n) is 3.65. The number of carbonyl (C=O) groups is 1. The Morgan fingerprint density at radius 2 is 1.83 bits per heavy atom. The highest BCUT2D eigenvalue weighted by molar-refractivity contribution is 5.79. The van der Waals surface area contributed by atoms with Crippen LogP contribution in [-0.4, -0.2) is 39.1 Å². The normalized spacial score (nSPS) is 11.3. The summed E-state index contributed by atoms with van der Waals surface area (Å²) in [7, 11) is 1.48. The van der Waals surface area contributed by atoms with Crippen LogP contribution >= 0.6 is 0 Å². The van der Waals surface area contributed by atoms with Crippen LogP contribution in [0.25, 0.3) is 0 Å². The molecule has 9 nitrogen and oxygen atoms in total. The third kappa shape index (κ3) is 8.56. The topological polar surface area (TPSA) is 104 Å². The average molecular weight is 489 g/mol. The summed E-state index contributed by atoms with van der Waals surface area (Å²) in [6.45, 7) is 8.61. The van der Waals surface area contributed by atoms with Crippen LogP contribution in [0.1, 0.15) is 71.8 Å². The van der Waals surface area contributed by atoms with Gasteiger partial charge in [0.2, 0.25) is 5.82 Å². The number of aromatic nitrogens is 3. The molecule has 0 radical (unpaired) electrons. The van der Waals surface area contributed by atoms with Crippen LogP contribution in [-0.2, 0) is 29.5 Å². The lowest BCUT2D eigenvalue weighted by atomic mass is 10.1. The van der Waals surface area contributed by atoms with E-state index in [1.807, 2.05) is 24.3 Å². The van der Waals surface area contributed by atoms with E-state index in [2.05, 4.69) is 17.3 Å². The molecule has 0 unspecified atom stereocenters. The van der Waals surface area contributed by atoms with E-state index in [9.17, 15) is 14.4 Å². The van der Waals surface area contributed by atoms with Crippen molar-refractivity contribution in [2.24, 2.45) is 7.05 Å². The molecule has 1 aromatic carbocycles. The number of benzene rings is 1. The number of nitrogens with one attached hydrogen (secondary N) is 1. The minimum absolute atomic E-state index is 0.189. The summed E-state index contributed by atoms with van der Waals surface area (Å²) in [5, 5.41) is 7.36. The van der Waals surface area contributed by atoms with Gasteiger partial charge in [-0.2, -0.15) is 0 Å². The second-order valence-corrected chi connectivity index (χ2v) is 9.14. The number of anilines is 1. The second kappa shape index (κ2) is 13.7. The van der Waals surface area contributed by atoms with Crippen LogP contribution < -0.4 is 21.3 Å². The van der Waals surface area contributed by atoms with Crippen molar-refractivity contribution < 1.29 is 14.3 Å². The average Bonchev–Trinajstić information content (AvgIpc) is 2.82. The molecule has 0 fully saturated rings. The lowest BCUT2D eigenvalue weighted by Crippen LogP contribution is -2.41. The smallest absolute Gasteiger partial charge is 0.349 e. The molecular formula is C26H40N4O5. The Hall–Kier alpha value is -3.10. The number of esters is 1. The molecule has 2 rings (SSSR count). The molecule has 0 amide bonds. The van der Waals surface area contributed by atoms with E-state index in [0.29, 0.717) is 25.4 Å². The summed E-state index contributed by atoms with van der Waals surface area (Å²) < 4.78 is 13.4. The van der Waals surface area contributed by atoms with E-state index < -0.39 is 22.8 Å². The first kappa shape index (κ1) is 28.1. The fourth-order valence-corrected chi connectivity index (χ4v) is 3.65. The molecule has 0 saturated carbocycles. The summed E-state index contributed by atoms with van der Waals surface area (Å²) in [5.41, 5.74) is -0.851. The quantitative estimate of drug-likeness (QED) is 0.301. The van der Waals surface area contributed by atoms with Gasteiger partial charge in [-0.3, -0.25) is 9.36 Å². The van der Waals surface area contributed by atoms with Gasteiger partial charge in [0.25, 0.3) is 5.56 Å². The lowest BCUT2D eigenvalue weighted by molar-refractivity contribution is -0.158. The van der Waals surface area contributed by atoms with Gasteiger partial charge in [-0.25, -0.2) is 14.3 Å². The highest BCUT2D eigenvalue weighted by Gasteiger charge is 2.31. The predicted octanol–water partition coefficient (Wildman–Crippen LogP) is 3.68. The molecule has 2 aromatic rings. The maximum atomic E-state index is 12.5. The van der Waals surface area contributed by atoms with Gasteiger partial charge >= 0.3 is 11.7 Å². The zero-order valence-corrected chi connectivity index (χ0v) is 21.8. The molecule has 1 heterocycles. The molecule has 1 aromatic heterocycles. The number of hydrogen-bond acceptors (Lipinski definition) is 7. The Bertz CT molecular complexity index is 1070. The highest BCUT2D eigenvalue weighted by atomic mass is 16.6. The number of carbonyl (C=O) groups excluding carboxylic acids is 1. The molecule has 0 saturated heterocycles. The largest absolute Gasteiger partial charge is 0.476 e. The minimum atomic E-state index is -1.08. The number of rotatable bonds is 15. The van der Waals surface area contributed by atoms with Crippen molar-refractivity contribution in [1.29, 1.82) is 0 Å². The third-order valence-corrected chi connectivity index (χ3v) is 5.68. The number of hydrogen-bond donors (Lipinski definition) is 1. The van der Waals surface area contributed by atoms with Crippen molar-refractivity contribution in [2.75, 3.05) is 18.5 Å². The van der Waals surface area contributed by atoms with Crippen LogP contribution in [0, 0.1) is 0 Å². The Kier molecular flexibility index (Phi) is 11.0. The highest BCUT2D eigenvalue weighted by Crippen LogP contribution is 2.21. The number of aryl methyl sites for hydroxylation is 2. The molecule has 0 aliphatic heterocycles. The molecule has 0 aliphatic carbocycles. The minimum Gasteiger partial charge on any atom is -0.476 e. The Labute approximate surface area is 207 Å². The molecule has 0 aliphatic rings. The molecule has 9 heteroatoms. The van der Waals surface area contributed by atoms with E-state index in [1.54, 1.807) is 20.8 Å². The van der Waals surface area contributed by atoms with Gasteiger partial charge in [0, 0.05) is 20.1 Å². The Morgan fingerprint density at radius 3 is 2.54 bits per heavy atom. The monoisotopic (exact) mass is 488 g/mol. The van der Waals surface area contributed by atoms with Gasteiger partial charge in [-0.1, -0.05) is 44.7 Å². The second-order valence-electron chi connectivity index (χ2n) is 9.14. The van der Waals surface area contributed by atoms with Crippen LogP contribution in [0.2, 0.25) is 0 Å². The van der Waals surface area contributed by atoms with Gasteiger partial charge < -0.3 is 14.8 Å². The molecule has 194 valence electrons. The zero-order chi connectivity index (χ0) is 25.8. The molecule has 0 bridgehead atoms. The van der Waals surface area contributed by atoms with E-state index in [4.69, 9.17) is 9.47 Å². The zero-order valence-electron chi connectivity index (χ0n) is 21.8. The first-order valence-electron chi connectivity index (χ1n) is 12.6. The Balaban J connectivity index is 1.93. The van der Waals surface area contributed by atoms with Crippen molar-refractivity contribution in [2.45, 2.75) is 84.8 Å². The van der Waals surface area contributed by atoms with Crippen molar-refractivity contribution in [3.05, 3.63) is 50.7 Å². The van der Waals surface area contributed by atoms with Gasteiger partial charge in [-0.05, 0) is 57.7 Å². The third-order valence-electron chi connectivity index (χ3n) is 5.68. The van der Waals surface area contributed by atoms with Crippen LogP contribution in [0.4, 0.5) is 5.82 Å². The van der Waals surface area contributed by atoms with Gasteiger partial charge in [0.1, 0.15) is 5.75 Å². The van der Waals surface area contributed by atoms with Crippen molar-refractivity contribution >= 4 is 11.8 Å². The lowest BCUT2D eigenvalue weighted by Gasteiger charge is -2.24. The molecule has 1 N–H and O–H groups in total. The van der Waals surface area contributed by atoms with Crippen molar-refractivity contribution in [3.63, 3.8) is 0 Å². The van der Waals surface area contributed by atoms with Gasteiger partial charge in [0.05, 0.1) is 6.61 Å². The van der Waals surface area contributed by atoms with E-state index >= 15 is 0 Å².